The summed E-state index contributed by atoms with van der Waals surface area (Å²) in [7, 11) is 2.15. The molecule has 4 aliphatic rings. The van der Waals surface area contributed by atoms with Crippen LogP contribution in [-0.2, 0) is 23.3 Å². The summed E-state index contributed by atoms with van der Waals surface area (Å²) in [5.41, 5.74) is 8.00. The molecule has 0 spiro atoms. The third kappa shape index (κ3) is 7.80. The van der Waals surface area contributed by atoms with E-state index in [1.807, 2.05) is 59.8 Å². The predicted molar refractivity (Wildman–Crippen MR) is 254 cm³/mol. The van der Waals surface area contributed by atoms with Gasteiger partial charge in [-0.05, 0) is 80.3 Å². The minimum atomic E-state index is -0.917. The SMILES string of the molecule is Cc1ccc2[nH]ncc2c1N1CCc2c(nc(OCC3CCCN3C)nc2N2CCN(C(=O)C3=CC=CC=CN3C(c3ccccc3)(c3ccccc3)c3ccccc3)C(CC#N)C2)C1. The summed E-state index contributed by atoms with van der Waals surface area (Å²) in [6.45, 7) is 6.43. The van der Waals surface area contributed by atoms with Crippen LogP contribution in [0.4, 0.5) is 11.5 Å². The largest absolute Gasteiger partial charge is 0.462 e. The monoisotopic (exact) mass is 862 g/mol. The van der Waals surface area contributed by atoms with Crippen LogP contribution in [0.15, 0.2) is 146 Å². The zero-order valence-corrected chi connectivity index (χ0v) is 37.1. The minimum absolute atomic E-state index is 0.137. The van der Waals surface area contributed by atoms with Gasteiger partial charge < -0.3 is 29.2 Å². The lowest BCUT2D eigenvalue weighted by molar-refractivity contribution is -0.131. The van der Waals surface area contributed by atoms with Crippen LogP contribution in [-0.4, -0.2) is 99.2 Å². The van der Waals surface area contributed by atoms with Crippen LogP contribution in [0.25, 0.3) is 10.9 Å². The molecule has 0 saturated carbocycles. The first-order valence-electron chi connectivity index (χ1n) is 22.8. The number of H-pyrrole nitrogens is 1. The van der Waals surface area contributed by atoms with E-state index in [9.17, 15) is 5.26 Å². The number of hydrogen-bond donors (Lipinski definition) is 1. The molecule has 2 atom stereocenters. The number of nitriles is 1. The van der Waals surface area contributed by atoms with Gasteiger partial charge in [0.2, 0.25) is 0 Å². The number of piperazine rings is 1. The lowest BCUT2D eigenvalue weighted by Gasteiger charge is -2.48. The van der Waals surface area contributed by atoms with Gasteiger partial charge in [-0.3, -0.25) is 9.89 Å². The van der Waals surface area contributed by atoms with Gasteiger partial charge in [-0.2, -0.15) is 20.3 Å². The highest BCUT2D eigenvalue weighted by atomic mass is 16.5. The molecule has 328 valence electrons. The molecule has 12 heteroatoms. The van der Waals surface area contributed by atoms with Gasteiger partial charge >= 0.3 is 6.01 Å². The van der Waals surface area contributed by atoms with E-state index in [1.54, 1.807) is 0 Å². The number of allylic oxidation sites excluding steroid dienone is 4. The molecule has 4 aromatic carbocycles. The number of nitrogens with zero attached hydrogens (tertiary/aromatic N) is 9. The Hall–Kier alpha value is -7.23. The number of aromatic amines is 1. The number of nitrogens with one attached hydrogen (secondary N) is 1. The highest BCUT2D eigenvalue weighted by Gasteiger charge is 2.46. The van der Waals surface area contributed by atoms with Crippen molar-refractivity contribution in [2.45, 2.75) is 56.8 Å². The zero-order valence-electron chi connectivity index (χ0n) is 37.1. The Morgan fingerprint density at radius 1 is 0.846 bits per heavy atom. The minimum Gasteiger partial charge on any atom is -0.462 e. The summed E-state index contributed by atoms with van der Waals surface area (Å²) in [6.07, 6.45) is 14.8. The van der Waals surface area contributed by atoms with Gasteiger partial charge in [0, 0.05) is 49.4 Å². The van der Waals surface area contributed by atoms with Crippen molar-refractivity contribution in [3.05, 3.63) is 179 Å². The quantitative estimate of drug-likeness (QED) is 0.129. The van der Waals surface area contributed by atoms with Gasteiger partial charge in [0.1, 0.15) is 23.7 Å². The van der Waals surface area contributed by atoms with Crippen molar-refractivity contribution < 1.29 is 9.53 Å². The topological polar surface area (TPSA) is 121 Å². The standard InChI is InChI=1S/C53H54N10O2/c1-38-24-25-46-45(34-55-58-46)49(38)60-31-27-44-47(36-60)56-52(65-37-43-22-15-29-59(43)2)57-50(44)61-32-33-62(42(35-61)26-28-54)51(64)48-23-13-6-14-30-63(48)53(39-16-7-3-8-17-39,40-18-9-4-10-19-40)41-20-11-5-12-21-41/h3-14,16-21,23-25,30,34,42-43H,15,22,26-27,29,31-33,35-37H2,1-2H3,(H,55,58). The molecular formula is C53H54N10O2. The van der Waals surface area contributed by atoms with Crippen LogP contribution in [0.3, 0.4) is 0 Å². The Kier molecular flexibility index (Phi) is 11.6. The lowest BCUT2D eigenvalue weighted by Crippen LogP contribution is -2.58. The van der Waals surface area contributed by atoms with Crippen LogP contribution in [0.5, 0.6) is 6.01 Å². The highest BCUT2D eigenvalue weighted by Crippen LogP contribution is 2.46. The van der Waals surface area contributed by atoms with Gasteiger partial charge in [-0.1, -0.05) is 109 Å². The Bertz CT molecular complexity index is 2700. The van der Waals surface area contributed by atoms with Crippen LogP contribution >= 0.6 is 0 Å². The molecule has 6 heterocycles. The van der Waals surface area contributed by atoms with Crippen LogP contribution in [0, 0.1) is 18.3 Å². The number of benzene rings is 4. The number of carbonyl (C=O) groups is 1. The van der Waals surface area contributed by atoms with Crippen molar-refractivity contribution >= 4 is 28.3 Å². The van der Waals surface area contributed by atoms with E-state index in [0.29, 0.717) is 50.5 Å². The fourth-order valence-electron chi connectivity index (χ4n) is 10.5. The first kappa shape index (κ1) is 41.8. The molecule has 2 saturated heterocycles. The third-order valence-electron chi connectivity index (χ3n) is 13.7. The predicted octanol–water partition coefficient (Wildman–Crippen LogP) is 7.89. The van der Waals surface area contributed by atoms with Gasteiger partial charge in [0.25, 0.3) is 5.91 Å². The molecule has 0 aliphatic carbocycles. The molecule has 4 aliphatic heterocycles. The maximum absolute atomic E-state index is 15.5. The fourth-order valence-corrected chi connectivity index (χ4v) is 10.5. The number of anilines is 2. The van der Waals surface area contributed by atoms with E-state index in [4.69, 9.17) is 14.7 Å². The van der Waals surface area contributed by atoms with Gasteiger partial charge in [0.15, 0.2) is 0 Å². The van der Waals surface area contributed by atoms with Crippen LogP contribution < -0.4 is 14.5 Å². The maximum Gasteiger partial charge on any atom is 0.318 e. The molecule has 2 fully saturated rings. The maximum atomic E-state index is 15.5. The summed E-state index contributed by atoms with van der Waals surface area (Å²) < 4.78 is 6.49. The molecule has 2 unspecified atom stereocenters. The zero-order chi connectivity index (χ0) is 44.3. The molecule has 65 heavy (non-hydrogen) atoms. The number of amides is 1. The fraction of sp³-hybridized carbons (Fsp3) is 0.302. The van der Waals surface area contributed by atoms with E-state index in [-0.39, 0.29) is 12.3 Å². The van der Waals surface area contributed by atoms with Gasteiger partial charge in [-0.25, -0.2) is 0 Å². The molecule has 10 rings (SSSR count). The summed E-state index contributed by atoms with van der Waals surface area (Å²) >= 11 is 0. The van der Waals surface area contributed by atoms with Crippen LogP contribution in [0.1, 0.15) is 52.8 Å². The van der Waals surface area contributed by atoms with Gasteiger partial charge in [-0.15, -0.1) is 0 Å². The molecule has 6 aromatic rings. The number of aromatic nitrogens is 4. The highest BCUT2D eigenvalue weighted by molar-refractivity contribution is 5.95. The van der Waals surface area contributed by atoms with Crippen molar-refractivity contribution in [3.63, 3.8) is 0 Å². The molecule has 0 bridgehead atoms. The van der Waals surface area contributed by atoms with E-state index in [1.165, 1.54) is 5.56 Å². The summed E-state index contributed by atoms with van der Waals surface area (Å²) in [4.78, 5) is 36.9. The van der Waals surface area contributed by atoms with Crippen molar-refractivity contribution in [2.75, 3.05) is 56.2 Å². The first-order chi connectivity index (χ1) is 31.9. The molecule has 2 aromatic heterocycles. The number of likely N-dealkylation sites (N-methyl/N-ethyl adjacent to an activating group) is 1. The second-order valence-electron chi connectivity index (χ2n) is 17.5. The van der Waals surface area contributed by atoms with Crippen molar-refractivity contribution in [1.82, 2.24) is 34.9 Å². The van der Waals surface area contributed by atoms with Crippen molar-refractivity contribution in [3.8, 4) is 12.1 Å². The van der Waals surface area contributed by atoms with E-state index < -0.39 is 11.6 Å². The Labute approximate surface area is 380 Å². The number of aryl methyl sites for hydroxylation is 1. The van der Waals surface area contributed by atoms with Crippen molar-refractivity contribution in [2.24, 2.45) is 0 Å². The number of rotatable bonds is 11. The molecule has 12 nitrogen and oxygen atoms in total. The first-order valence-corrected chi connectivity index (χ1v) is 22.8. The number of ether oxygens (including phenoxy) is 1. The summed E-state index contributed by atoms with van der Waals surface area (Å²) in [5.74, 6) is 0.692. The summed E-state index contributed by atoms with van der Waals surface area (Å²) in [6, 6.07) is 38.1. The number of carbonyl (C=O) groups excluding carboxylic acids is 1. The normalized spacial score (nSPS) is 18.9. The van der Waals surface area contributed by atoms with Crippen molar-refractivity contribution in [1.29, 1.82) is 5.26 Å². The van der Waals surface area contributed by atoms with Crippen LogP contribution in [0.2, 0.25) is 0 Å². The van der Waals surface area contributed by atoms with Gasteiger partial charge in [0.05, 0.1) is 48.2 Å². The average Bonchev–Trinajstić information content (AvgIpc) is 3.93. The number of likely N-dealkylation sites (tertiary alicyclic amines) is 1. The second-order valence-corrected chi connectivity index (χ2v) is 17.5. The Balaban J connectivity index is 0.999. The third-order valence-corrected chi connectivity index (χ3v) is 13.7. The Morgan fingerprint density at radius 2 is 1.57 bits per heavy atom. The number of hydrogen-bond acceptors (Lipinski definition) is 10. The average molecular weight is 863 g/mol. The summed E-state index contributed by atoms with van der Waals surface area (Å²) in [5, 5.41) is 19.0. The molecule has 0 radical (unpaired) electrons. The number of fused-ring (bicyclic) bond motifs is 2. The molecule has 1 N–H and O–H groups in total. The Morgan fingerprint density at radius 3 is 2.25 bits per heavy atom. The molecular weight excluding hydrogens is 809 g/mol. The second kappa shape index (κ2) is 18.1. The molecule has 1 amide bonds. The van der Waals surface area contributed by atoms with E-state index in [0.717, 1.165) is 82.7 Å². The van der Waals surface area contributed by atoms with E-state index >= 15 is 4.79 Å². The smallest absolute Gasteiger partial charge is 0.318 e. The lowest BCUT2D eigenvalue weighted by atomic mass is 9.75. The van der Waals surface area contributed by atoms with E-state index in [2.05, 4.69) is 135 Å².